The van der Waals surface area contributed by atoms with Crippen molar-refractivity contribution in [3.8, 4) is 0 Å². The molecule has 1 fully saturated rings. The minimum Gasteiger partial charge on any atom is -0.416 e. The molecule has 106 valence electrons. The maximum absolute atomic E-state index is 15.4. The smallest absolute Gasteiger partial charge is 0.416 e. The van der Waals surface area contributed by atoms with E-state index in [9.17, 15) is 0 Å². The fourth-order valence-corrected chi connectivity index (χ4v) is 5.63. The van der Waals surface area contributed by atoms with Crippen molar-refractivity contribution in [3.05, 3.63) is 0 Å². The number of oxime groups is 1. The van der Waals surface area contributed by atoms with Gasteiger partial charge in [0.05, 0.1) is 5.71 Å². The van der Waals surface area contributed by atoms with Crippen LogP contribution in [0.4, 0.5) is 4.11 Å². The van der Waals surface area contributed by atoms with E-state index in [1.807, 2.05) is 41.5 Å². The lowest BCUT2D eigenvalue weighted by Gasteiger charge is -2.40. The number of halogens is 1. The predicted molar refractivity (Wildman–Crippen MR) is 77.9 cm³/mol. The van der Waals surface area contributed by atoms with Crippen LogP contribution in [0.5, 0.6) is 0 Å². The van der Waals surface area contributed by atoms with Crippen LogP contribution in [0, 0.1) is 0 Å². The number of hydrogen-bond donors (Lipinski definition) is 0. The molecule has 0 atom stereocenters. The molecule has 0 aromatic rings. The Labute approximate surface area is 112 Å². The van der Waals surface area contributed by atoms with Crippen LogP contribution in [0.1, 0.15) is 73.6 Å². The van der Waals surface area contributed by atoms with E-state index in [0.29, 0.717) is 0 Å². The average Bonchev–Trinajstić information content (AvgIpc) is 2.24. The molecule has 0 unspecified atom stereocenters. The average molecular weight is 273 g/mol. The molecule has 0 spiro atoms. The summed E-state index contributed by atoms with van der Waals surface area (Å²) >= 11 is 0. The molecule has 0 radical (unpaired) electrons. The second kappa shape index (κ2) is 5.31. The van der Waals surface area contributed by atoms with Gasteiger partial charge in [-0.15, -0.1) is 5.16 Å². The van der Waals surface area contributed by atoms with E-state index in [-0.39, 0.29) is 0 Å². The maximum atomic E-state index is 15.4. The summed E-state index contributed by atoms with van der Waals surface area (Å²) in [5, 5.41) is 3.26. The fourth-order valence-electron chi connectivity index (χ4n) is 2.58. The van der Waals surface area contributed by atoms with Crippen LogP contribution in [0.3, 0.4) is 0 Å². The summed E-state index contributed by atoms with van der Waals surface area (Å²) in [5.41, 5.74) is 1.05. The molecule has 0 heterocycles. The van der Waals surface area contributed by atoms with Gasteiger partial charge in [0.2, 0.25) is 0 Å². The Morgan fingerprint density at radius 1 is 0.944 bits per heavy atom. The van der Waals surface area contributed by atoms with Crippen LogP contribution in [-0.2, 0) is 4.53 Å². The zero-order chi connectivity index (χ0) is 14.0. The zero-order valence-electron chi connectivity index (χ0n) is 12.8. The maximum Gasteiger partial charge on any atom is 0.476 e. The van der Waals surface area contributed by atoms with Gasteiger partial charge in [-0.2, -0.15) is 0 Å². The topological polar surface area (TPSA) is 21.6 Å². The van der Waals surface area contributed by atoms with Crippen LogP contribution in [0.15, 0.2) is 5.16 Å². The Kier molecular flexibility index (Phi) is 4.63. The summed E-state index contributed by atoms with van der Waals surface area (Å²) in [6.07, 6.45) is 5.52. The summed E-state index contributed by atoms with van der Waals surface area (Å²) in [4.78, 5) is 0. The van der Waals surface area contributed by atoms with E-state index in [2.05, 4.69) is 5.16 Å². The molecule has 0 aromatic heterocycles. The number of hydrogen-bond acceptors (Lipinski definition) is 2. The summed E-state index contributed by atoms with van der Waals surface area (Å²) in [6.45, 7) is 11.5. The Morgan fingerprint density at radius 3 is 1.78 bits per heavy atom. The highest BCUT2D eigenvalue weighted by molar-refractivity contribution is 6.72. The van der Waals surface area contributed by atoms with E-state index in [0.717, 1.165) is 31.4 Å². The second-order valence-electron chi connectivity index (χ2n) is 7.40. The molecule has 1 saturated carbocycles. The molecule has 0 saturated heterocycles. The molecule has 0 amide bonds. The predicted octanol–water partition coefficient (Wildman–Crippen LogP) is 5.34. The normalized spacial score (nSPS) is 18.7. The van der Waals surface area contributed by atoms with Gasteiger partial charge >= 0.3 is 8.65 Å². The van der Waals surface area contributed by atoms with Crippen LogP contribution in [-0.4, -0.2) is 14.4 Å². The highest BCUT2D eigenvalue weighted by Gasteiger charge is 2.60. The van der Waals surface area contributed by atoms with Gasteiger partial charge in [-0.25, -0.2) is 0 Å². The molecule has 0 aliphatic heterocycles. The monoisotopic (exact) mass is 273 g/mol. The van der Waals surface area contributed by atoms with Gasteiger partial charge in [0.25, 0.3) is 0 Å². The van der Waals surface area contributed by atoms with Gasteiger partial charge in [0.15, 0.2) is 0 Å². The molecule has 0 N–H and O–H groups in total. The second-order valence-corrected chi connectivity index (χ2v) is 11.8. The van der Waals surface area contributed by atoms with Crippen LogP contribution in [0.25, 0.3) is 0 Å². The lowest BCUT2D eigenvalue weighted by atomic mass is 9.99. The van der Waals surface area contributed by atoms with Crippen molar-refractivity contribution >= 4 is 14.4 Å². The minimum atomic E-state index is -3.42. The Balaban J connectivity index is 2.86. The van der Waals surface area contributed by atoms with Crippen LogP contribution < -0.4 is 0 Å². The third kappa shape index (κ3) is 3.34. The highest BCUT2D eigenvalue weighted by Crippen LogP contribution is 2.52. The zero-order valence-corrected chi connectivity index (χ0v) is 13.8. The van der Waals surface area contributed by atoms with Gasteiger partial charge in [-0.05, 0) is 25.7 Å². The summed E-state index contributed by atoms with van der Waals surface area (Å²) < 4.78 is 20.9. The summed E-state index contributed by atoms with van der Waals surface area (Å²) in [5.74, 6) is 0. The first kappa shape index (κ1) is 15.7. The van der Waals surface area contributed by atoms with Crippen molar-refractivity contribution in [1.82, 2.24) is 0 Å². The van der Waals surface area contributed by atoms with Crippen molar-refractivity contribution in [1.29, 1.82) is 0 Å². The fraction of sp³-hybridized carbons (Fsp3) is 0.929. The van der Waals surface area contributed by atoms with Gasteiger partial charge in [0.1, 0.15) is 0 Å². The minimum absolute atomic E-state index is 0.468. The molecule has 4 heteroatoms. The molecule has 0 aromatic carbocycles. The van der Waals surface area contributed by atoms with Crippen LogP contribution in [0.2, 0.25) is 10.1 Å². The van der Waals surface area contributed by atoms with E-state index in [1.54, 1.807) is 0 Å². The standard InChI is InChI=1S/C14H28FNOSi/c1-13(2,3)18(15,14(4,5)6)17-16-12-10-8-7-9-11-12/h7-11H2,1-6H3. The van der Waals surface area contributed by atoms with Gasteiger partial charge in [0, 0.05) is 10.1 Å². The lowest BCUT2D eigenvalue weighted by Crippen LogP contribution is -2.49. The molecular weight excluding hydrogens is 245 g/mol. The highest BCUT2D eigenvalue weighted by atomic mass is 28.4. The summed E-state index contributed by atoms with van der Waals surface area (Å²) in [6, 6.07) is 0. The van der Waals surface area contributed by atoms with E-state index < -0.39 is 18.7 Å². The van der Waals surface area contributed by atoms with E-state index >= 15 is 4.11 Å². The number of nitrogens with zero attached hydrogens (tertiary/aromatic N) is 1. The molecule has 1 rings (SSSR count). The molecule has 1 aliphatic rings. The number of rotatable bonds is 2. The quantitative estimate of drug-likeness (QED) is 0.378. The molecular formula is C14H28FNOSi. The SMILES string of the molecule is CC(C)(C)[Si](F)(ON=C1CCCCC1)C(C)(C)C. The van der Waals surface area contributed by atoms with Crippen molar-refractivity contribution in [2.75, 3.05) is 0 Å². The van der Waals surface area contributed by atoms with E-state index in [4.69, 9.17) is 4.53 Å². The van der Waals surface area contributed by atoms with Crippen molar-refractivity contribution in [2.45, 2.75) is 83.7 Å². The first-order valence-corrected chi connectivity index (χ1v) is 8.79. The van der Waals surface area contributed by atoms with Crippen molar-refractivity contribution < 1.29 is 8.63 Å². The van der Waals surface area contributed by atoms with Crippen LogP contribution >= 0.6 is 0 Å². The summed E-state index contributed by atoms with van der Waals surface area (Å²) in [7, 11) is -3.42. The first-order valence-electron chi connectivity index (χ1n) is 7.01. The molecule has 1 aliphatic carbocycles. The third-order valence-electron chi connectivity index (χ3n) is 3.66. The largest absolute Gasteiger partial charge is 0.476 e. The van der Waals surface area contributed by atoms with Gasteiger partial charge in [-0.1, -0.05) is 48.0 Å². The molecule has 0 bridgehead atoms. The van der Waals surface area contributed by atoms with Gasteiger partial charge in [-0.3, -0.25) is 4.11 Å². The lowest BCUT2D eigenvalue weighted by molar-refractivity contribution is 0.225. The Morgan fingerprint density at radius 2 is 1.39 bits per heavy atom. The molecule has 18 heavy (non-hydrogen) atoms. The Bertz CT molecular complexity index is 293. The van der Waals surface area contributed by atoms with Crippen molar-refractivity contribution in [2.24, 2.45) is 5.16 Å². The first-order chi connectivity index (χ1) is 8.08. The Hall–Kier alpha value is -0.383. The van der Waals surface area contributed by atoms with Gasteiger partial charge < -0.3 is 4.53 Å². The molecule has 2 nitrogen and oxygen atoms in total. The third-order valence-corrected chi connectivity index (χ3v) is 7.86. The van der Waals surface area contributed by atoms with E-state index in [1.165, 1.54) is 6.42 Å². The van der Waals surface area contributed by atoms with Crippen molar-refractivity contribution in [3.63, 3.8) is 0 Å².